The number of hydrogen-bond donors (Lipinski definition) is 1. The van der Waals surface area contributed by atoms with Crippen LogP contribution in [0.5, 0.6) is 0 Å². The highest BCUT2D eigenvalue weighted by Gasteiger charge is 2.35. The van der Waals surface area contributed by atoms with Crippen LogP contribution in [0.25, 0.3) is 0 Å². The fourth-order valence-corrected chi connectivity index (χ4v) is 4.87. The van der Waals surface area contributed by atoms with E-state index in [9.17, 15) is 8.42 Å². The van der Waals surface area contributed by atoms with Crippen molar-refractivity contribution >= 4 is 10.0 Å². The van der Waals surface area contributed by atoms with E-state index in [1.54, 1.807) is 16.4 Å². The van der Waals surface area contributed by atoms with Crippen molar-refractivity contribution in [3.05, 3.63) is 29.8 Å². The van der Waals surface area contributed by atoms with Crippen LogP contribution >= 0.6 is 0 Å². The minimum absolute atomic E-state index is 0.0764. The smallest absolute Gasteiger partial charge is 0.243 e. The topological polar surface area (TPSA) is 63.4 Å². The zero-order chi connectivity index (χ0) is 14.8. The zero-order valence-electron chi connectivity index (χ0n) is 12.2. The van der Waals surface area contributed by atoms with Crippen LogP contribution in [-0.4, -0.2) is 31.4 Å². The fourth-order valence-electron chi connectivity index (χ4n) is 2.99. The molecule has 0 spiro atoms. The van der Waals surface area contributed by atoms with Crippen molar-refractivity contribution in [2.24, 2.45) is 5.73 Å². The highest BCUT2D eigenvalue weighted by atomic mass is 32.2. The second kappa shape index (κ2) is 6.24. The van der Waals surface area contributed by atoms with Crippen LogP contribution in [0.15, 0.2) is 29.2 Å². The second-order valence-electron chi connectivity index (χ2n) is 5.65. The van der Waals surface area contributed by atoms with E-state index in [0.717, 1.165) is 31.2 Å². The Hall–Kier alpha value is -0.910. The molecule has 1 aromatic rings. The van der Waals surface area contributed by atoms with E-state index >= 15 is 0 Å². The van der Waals surface area contributed by atoms with Crippen molar-refractivity contribution in [2.75, 3.05) is 6.54 Å². The summed E-state index contributed by atoms with van der Waals surface area (Å²) in [7, 11) is -3.39. The molecular weight excluding hydrogens is 272 g/mol. The molecule has 2 rings (SSSR count). The molecule has 5 heteroatoms. The van der Waals surface area contributed by atoms with Crippen molar-refractivity contribution in [2.45, 2.75) is 56.5 Å². The molecular formula is C15H24N2O2S. The quantitative estimate of drug-likeness (QED) is 0.926. The first-order valence-corrected chi connectivity index (χ1v) is 8.73. The monoisotopic (exact) mass is 296 g/mol. The largest absolute Gasteiger partial charge is 0.330 e. The lowest BCUT2D eigenvalue weighted by molar-refractivity contribution is 0.204. The van der Waals surface area contributed by atoms with Crippen LogP contribution < -0.4 is 5.73 Å². The predicted octanol–water partition coefficient (Wildman–Crippen LogP) is 2.14. The summed E-state index contributed by atoms with van der Waals surface area (Å²) in [6.45, 7) is 4.57. The van der Waals surface area contributed by atoms with E-state index in [1.807, 2.05) is 26.0 Å². The van der Waals surface area contributed by atoms with Crippen molar-refractivity contribution < 1.29 is 8.42 Å². The number of hydrogen-bond acceptors (Lipinski definition) is 3. The molecule has 1 heterocycles. The number of nitrogens with two attached hydrogens (primary N) is 1. The van der Waals surface area contributed by atoms with Gasteiger partial charge in [0, 0.05) is 12.1 Å². The molecule has 0 radical (unpaired) electrons. The van der Waals surface area contributed by atoms with Gasteiger partial charge < -0.3 is 5.73 Å². The molecule has 20 heavy (non-hydrogen) atoms. The summed E-state index contributed by atoms with van der Waals surface area (Å²) in [5.41, 5.74) is 6.59. The molecule has 112 valence electrons. The Labute approximate surface area is 122 Å². The summed E-state index contributed by atoms with van der Waals surface area (Å²) >= 11 is 0. The normalized spacial score (nSPS) is 24.8. The Kier molecular flexibility index (Phi) is 4.83. The molecule has 0 unspecified atom stereocenters. The summed E-state index contributed by atoms with van der Waals surface area (Å²) in [4.78, 5) is 0.388. The number of piperidine rings is 1. The Morgan fingerprint density at radius 2 is 1.70 bits per heavy atom. The molecule has 0 bridgehead atoms. The summed E-state index contributed by atoms with van der Waals surface area (Å²) in [6.07, 6.45) is 3.75. The van der Waals surface area contributed by atoms with E-state index in [-0.39, 0.29) is 12.1 Å². The first kappa shape index (κ1) is 15.5. The number of benzene rings is 1. The van der Waals surface area contributed by atoms with Gasteiger partial charge in [-0.2, -0.15) is 4.31 Å². The average Bonchev–Trinajstić information content (AvgIpc) is 2.39. The molecule has 1 fully saturated rings. The van der Waals surface area contributed by atoms with Gasteiger partial charge in [-0.05, 0) is 57.4 Å². The molecule has 0 aromatic heterocycles. The summed E-state index contributed by atoms with van der Waals surface area (Å²) in [5.74, 6) is 0. The molecule has 1 aromatic carbocycles. The molecule has 0 saturated carbocycles. The lowest BCUT2D eigenvalue weighted by Gasteiger charge is -2.37. The van der Waals surface area contributed by atoms with Crippen LogP contribution in [0.2, 0.25) is 0 Å². The van der Waals surface area contributed by atoms with Gasteiger partial charge in [0.15, 0.2) is 0 Å². The third-order valence-corrected chi connectivity index (χ3v) is 6.19. The van der Waals surface area contributed by atoms with Gasteiger partial charge in [0.05, 0.1) is 4.90 Å². The van der Waals surface area contributed by atoms with Crippen LogP contribution in [-0.2, 0) is 16.4 Å². The number of nitrogens with zero attached hydrogens (tertiary/aromatic N) is 1. The lowest BCUT2D eigenvalue weighted by Crippen LogP contribution is -2.47. The average molecular weight is 296 g/mol. The molecule has 2 atom stereocenters. The Balaban J connectivity index is 2.29. The maximum atomic E-state index is 12.8. The molecule has 2 N–H and O–H groups in total. The summed E-state index contributed by atoms with van der Waals surface area (Å²) < 4.78 is 27.2. The van der Waals surface area contributed by atoms with Gasteiger partial charge in [-0.15, -0.1) is 0 Å². The predicted molar refractivity (Wildman–Crippen MR) is 81.0 cm³/mol. The maximum absolute atomic E-state index is 12.8. The zero-order valence-corrected chi connectivity index (χ0v) is 13.1. The second-order valence-corrected chi connectivity index (χ2v) is 7.49. The molecule has 1 aliphatic rings. The van der Waals surface area contributed by atoms with Crippen LogP contribution in [0.1, 0.15) is 38.7 Å². The van der Waals surface area contributed by atoms with Gasteiger partial charge in [-0.3, -0.25) is 0 Å². The van der Waals surface area contributed by atoms with Gasteiger partial charge in [0.1, 0.15) is 0 Å². The fraction of sp³-hybridized carbons (Fsp3) is 0.600. The number of rotatable bonds is 4. The van der Waals surface area contributed by atoms with Crippen LogP contribution in [0.3, 0.4) is 0 Å². The van der Waals surface area contributed by atoms with Crippen LogP contribution in [0, 0.1) is 0 Å². The number of sulfonamides is 1. The minimum atomic E-state index is -3.39. The highest BCUT2D eigenvalue weighted by Crippen LogP contribution is 2.29. The summed E-state index contributed by atoms with van der Waals surface area (Å²) in [6, 6.07) is 7.28. The van der Waals surface area contributed by atoms with Gasteiger partial charge >= 0.3 is 0 Å². The minimum Gasteiger partial charge on any atom is -0.330 e. The van der Waals surface area contributed by atoms with Crippen molar-refractivity contribution in [1.29, 1.82) is 0 Å². The molecule has 1 saturated heterocycles. The van der Waals surface area contributed by atoms with Gasteiger partial charge in [-0.1, -0.05) is 18.6 Å². The van der Waals surface area contributed by atoms with Gasteiger partial charge in [-0.25, -0.2) is 8.42 Å². The van der Waals surface area contributed by atoms with E-state index in [2.05, 4.69) is 0 Å². The highest BCUT2D eigenvalue weighted by molar-refractivity contribution is 7.89. The SMILES string of the molecule is C[C@@H]1CCC[C@H](C)N1S(=O)(=O)c1ccc(CCN)cc1. The van der Waals surface area contributed by atoms with Gasteiger partial charge in [0.2, 0.25) is 10.0 Å². The van der Waals surface area contributed by atoms with E-state index in [0.29, 0.717) is 11.4 Å². The molecule has 0 aliphatic carbocycles. The van der Waals surface area contributed by atoms with Gasteiger partial charge in [0.25, 0.3) is 0 Å². The first-order valence-electron chi connectivity index (χ1n) is 7.29. The Morgan fingerprint density at radius 1 is 1.15 bits per heavy atom. The third kappa shape index (κ3) is 3.05. The van der Waals surface area contributed by atoms with Crippen molar-refractivity contribution in [3.63, 3.8) is 0 Å². The third-order valence-electron chi connectivity index (χ3n) is 4.04. The molecule has 4 nitrogen and oxygen atoms in total. The van der Waals surface area contributed by atoms with Crippen LogP contribution in [0.4, 0.5) is 0 Å². The lowest BCUT2D eigenvalue weighted by atomic mass is 10.0. The summed E-state index contributed by atoms with van der Waals surface area (Å²) in [5, 5.41) is 0. The Morgan fingerprint density at radius 3 is 2.20 bits per heavy atom. The van der Waals surface area contributed by atoms with Crippen molar-refractivity contribution in [1.82, 2.24) is 4.31 Å². The van der Waals surface area contributed by atoms with E-state index in [1.165, 1.54) is 0 Å². The Bertz CT molecular complexity index is 529. The molecule has 1 aliphatic heterocycles. The molecule has 0 amide bonds. The van der Waals surface area contributed by atoms with Crippen molar-refractivity contribution in [3.8, 4) is 0 Å². The van der Waals surface area contributed by atoms with E-state index < -0.39 is 10.0 Å². The first-order chi connectivity index (χ1) is 9.46. The standard InChI is InChI=1S/C15H24N2O2S/c1-12-4-3-5-13(2)17(12)20(18,19)15-8-6-14(7-9-15)10-11-16/h6-9,12-13H,3-5,10-11,16H2,1-2H3/t12-,13+. The van der Waals surface area contributed by atoms with E-state index in [4.69, 9.17) is 5.73 Å². The maximum Gasteiger partial charge on any atom is 0.243 e.